The van der Waals surface area contributed by atoms with E-state index >= 15 is 0 Å². The lowest BCUT2D eigenvalue weighted by atomic mass is 10.1. The number of rotatable bonds is 4. The predicted molar refractivity (Wildman–Crippen MR) is 86.4 cm³/mol. The molecule has 1 aromatic carbocycles. The Bertz CT molecular complexity index is 671. The van der Waals surface area contributed by atoms with E-state index in [4.69, 9.17) is 4.42 Å². The minimum Gasteiger partial charge on any atom is -0.459 e. The van der Waals surface area contributed by atoms with Crippen LogP contribution in [0.25, 0.3) is 0 Å². The minimum absolute atomic E-state index is 0.248. The smallest absolute Gasteiger partial charge is 0.307 e. The Kier molecular flexibility index (Phi) is 4.23. The summed E-state index contributed by atoms with van der Waals surface area (Å²) in [5.41, 5.74) is 5.84. The number of furan rings is 1. The predicted octanol–water partition coefficient (Wildman–Crippen LogP) is 2.95. The van der Waals surface area contributed by atoms with Gasteiger partial charge in [0.2, 0.25) is 0 Å². The Balaban J connectivity index is 1.64. The zero-order valence-electron chi connectivity index (χ0n) is 12.6. The molecule has 0 radical (unpaired) electrons. The van der Waals surface area contributed by atoms with E-state index in [1.807, 2.05) is 6.07 Å². The molecular weight excluding hydrogens is 278 g/mol. The Labute approximate surface area is 129 Å². The van der Waals surface area contributed by atoms with Gasteiger partial charge in [-0.15, -0.1) is 0 Å². The molecule has 1 fully saturated rings. The maximum Gasteiger partial charge on any atom is 0.307 e. The fraction of sp³-hybridized carbons (Fsp3) is 0.294. The van der Waals surface area contributed by atoms with Crippen molar-refractivity contribution < 1.29 is 9.21 Å². The Hall–Kier alpha value is -2.56. The summed E-state index contributed by atoms with van der Waals surface area (Å²) in [5.74, 6) is -0.106. The van der Waals surface area contributed by atoms with Crippen molar-refractivity contribution in [3.8, 4) is 0 Å². The Morgan fingerprint density at radius 3 is 2.82 bits per heavy atom. The summed E-state index contributed by atoms with van der Waals surface area (Å²) in [5, 5.41) is 3.99. The molecule has 1 aromatic heterocycles. The van der Waals surface area contributed by atoms with Crippen LogP contribution in [0.3, 0.4) is 0 Å². The molecule has 5 heteroatoms. The van der Waals surface area contributed by atoms with Gasteiger partial charge < -0.3 is 9.32 Å². The number of hydrogen-bond acceptors (Lipinski definition) is 4. The third-order valence-electron chi connectivity index (χ3n) is 3.84. The fourth-order valence-electron chi connectivity index (χ4n) is 2.60. The number of anilines is 1. The summed E-state index contributed by atoms with van der Waals surface area (Å²) in [4.78, 5) is 14.1. The Morgan fingerprint density at radius 1 is 1.32 bits per heavy atom. The van der Waals surface area contributed by atoms with E-state index in [0.29, 0.717) is 0 Å². The van der Waals surface area contributed by atoms with Gasteiger partial charge >= 0.3 is 5.91 Å². The van der Waals surface area contributed by atoms with Crippen molar-refractivity contribution in [3.05, 3.63) is 53.5 Å². The fourth-order valence-corrected chi connectivity index (χ4v) is 2.60. The van der Waals surface area contributed by atoms with Crippen LogP contribution in [-0.2, 0) is 0 Å². The van der Waals surface area contributed by atoms with Gasteiger partial charge in [-0.3, -0.25) is 4.79 Å². The third kappa shape index (κ3) is 3.19. The number of carbonyl (C=O) groups excluding carboxylic acids is 1. The molecule has 0 atom stereocenters. The van der Waals surface area contributed by atoms with E-state index in [-0.39, 0.29) is 11.7 Å². The number of nitrogens with one attached hydrogen (secondary N) is 1. The highest BCUT2D eigenvalue weighted by Gasteiger charge is 2.12. The molecule has 1 amide bonds. The molecule has 2 heterocycles. The van der Waals surface area contributed by atoms with Gasteiger partial charge in [-0.1, -0.05) is 6.07 Å². The normalized spacial score (nSPS) is 14.7. The van der Waals surface area contributed by atoms with Crippen LogP contribution in [-0.4, -0.2) is 25.2 Å². The van der Waals surface area contributed by atoms with E-state index in [1.165, 1.54) is 24.8 Å². The van der Waals surface area contributed by atoms with E-state index in [1.54, 1.807) is 18.3 Å². The number of hydrazone groups is 1. The maximum atomic E-state index is 11.7. The Morgan fingerprint density at radius 2 is 2.14 bits per heavy atom. The summed E-state index contributed by atoms with van der Waals surface area (Å²) in [7, 11) is 0. The summed E-state index contributed by atoms with van der Waals surface area (Å²) < 4.78 is 5.00. The van der Waals surface area contributed by atoms with Gasteiger partial charge in [0, 0.05) is 18.8 Å². The van der Waals surface area contributed by atoms with Crippen molar-refractivity contribution in [2.75, 3.05) is 18.0 Å². The molecule has 22 heavy (non-hydrogen) atoms. The van der Waals surface area contributed by atoms with E-state index < -0.39 is 0 Å². The molecular formula is C17H19N3O2. The molecule has 114 valence electrons. The molecule has 0 saturated carbocycles. The zero-order valence-corrected chi connectivity index (χ0v) is 12.6. The molecule has 2 aromatic rings. The van der Waals surface area contributed by atoms with Crippen LogP contribution in [0.1, 0.15) is 34.5 Å². The second-order valence-electron chi connectivity index (χ2n) is 5.41. The lowest BCUT2D eigenvalue weighted by Gasteiger charge is -2.18. The second-order valence-corrected chi connectivity index (χ2v) is 5.41. The molecule has 0 bridgehead atoms. The highest BCUT2D eigenvalue weighted by atomic mass is 16.3. The number of carbonyl (C=O) groups is 1. The highest BCUT2D eigenvalue weighted by Crippen LogP contribution is 2.22. The van der Waals surface area contributed by atoms with Gasteiger partial charge in [-0.2, -0.15) is 5.10 Å². The summed E-state index contributed by atoms with van der Waals surface area (Å²) in [6.07, 6.45) is 5.64. The first kappa shape index (κ1) is 14.4. The SMILES string of the molecule is Cc1cc(N2CCCC2)ccc1/C=N/NC(=O)c1ccco1. The van der Waals surface area contributed by atoms with Crippen LogP contribution in [0.5, 0.6) is 0 Å². The summed E-state index contributed by atoms with van der Waals surface area (Å²) >= 11 is 0. The first-order valence-electron chi connectivity index (χ1n) is 7.46. The van der Waals surface area contributed by atoms with Gasteiger partial charge in [-0.05, 0) is 55.2 Å². The summed E-state index contributed by atoms with van der Waals surface area (Å²) in [6, 6.07) is 9.57. The number of aryl methyl sites for hydroxylation is 1. The lowest BCUT2D eigenvalue weighted by Crippen LogP contribution is -2.18. The van der Waals surface area contributed by atoms with E-state index in [2.05, 4.69) is 34.5 Å². The van der Waals surface area contributed by atoms with Crippen LogP contribution in [0.15, 0.2) is 46.1 Å². The third-order valence-corrected chi connectivity index (χ3v) is 3.84. The largest absolute Gasteiger partial charge is 0.459 e. The van der Waals surface area contributed by atoms with Crippen LogP contribution in [0.2, 0.25) is 0 Å². The number of amides is 1. The first-order chi connectivity index (χ1) is 10.7. The molecule has 0 unspecified atom stereocenters. The van der Waals surface area contributed by atoms with Gasteiger partial charge in [0.25, 0.3) is 0 Å². The number of hydrogen-bond donors (Lipinski definition) is 1. The molecule has 3 rings (SSSR count). The maximum absolute atomic E-state index is 11.7. The highest BCUT2D eigenvalue weighted by molar-refractivity contribution is 5.92. The van der Waals surface area contributed by atoms with Gasteiger partial charge in [0.1, 0.15) is 0 Å². The van der Waals surface area contributed by atoms with Crippen molar-refractivity contribution in [2.24, 2.45) is 5.10 Å². The van der Waals surface area contributed by atoms with Crippen molar-refractivity contribution in [2.45, 2.75) is 19.8 Å². The topological polar surface area (TPSA) is 57.8 Å². The van der Waals surface area contributed by atoms with Crippen LogP contribution in [0, 0.1) is 6.92 Å². The van der Waals surface area contributed by atoms with Gasteiger partial charge in [0.15, 0.2) is 5.76 Å². The lowest BCUT2D eigenvalue weighted by molar-refractivity contribution is 0.0927. The van der Waals surface area contributed by atoms with Crippen molar-refractivity contribution >= 4 is 17.8 Å². The number of benzene rings is 1. The molecule has 1 aliphatic rings. The minimum atomic E-state index is -0.354. The second kappa shape index (κ2) is 6.47. The van der Waals surface area contributed by atoms with E-state index in [0.717, 1.165) is 24.2 Å². The molecule has 0 aliphatic carbocycles. The molecule has 5 nitrogen and oxygen atoms in total. The van der Waals surface area contributed by atoms with Crippen LogP contribution < -0.4 is 10.3 Å². The average molecular weight is 297 g/mol. The zero-order chi connectivity index (χ0) is 15.4. The van der Waals surface area contributed by atoms with E-state index in [9.17, 15) is 4.79 Å². The molecule has 1 saturated heterocycles. The molecule has 0 spiro atoms. The van der Waals surface area contributed by atoms with Gasteiger partial charge in [-0.25, -0.2) is 5.43 Å². The molecule has 1 aliphatic heterocycles. The van der Waals surface area contributed by atoms with Crippen LogP contribution in [0.4, 0.5) is 5.69 Å². The quantitative estimate of drug-likeness (QED) is 0.697. The van der Waals surface area contributed by atoms with Crippen molar-refractivity contribution in [1.29, 1.82) is 0 Å². The van der Waals surface area contributed by atoms with Gasteiger partial charge in [0.05, 0.1) is 12.5 Å². The first-order valence-corrected chi connectivity index (χ1v) is 7.46. The summed E-state index contributed by atoms with van der Waals surface area (Å²) in [6.45, 7) is 4.31. The standard InChI is InChI=1S/C17H19N3O2/c1-13-11-15(20-8-2-3-9-20)7-6-14(13)12-18-19-17(21)16-5-4-10-22-16/h4-7,10-12H,2-3,8-9H2,1H3,(H,19,21)/b18-12+. The number of nitrogens with zero attached hydrogens (tertiary/aromatic N) is 2. The van der Waals surface area contributed by atoms with Crippen LogP contribution >= 0.6 is 0 Å². The average Bonchev–Trinajstić information content (AvgIpc) is 3.22. The molecule has 1 N–H and O–H groups in total. The van der Waals surface area contributed by atoms with Crippen molar-refractivity contribution in [3.63, 3.8) is 0 Å². The monoisotopic (exact) mass is 297 g/mol. The van der Waals surface area contributed by atoms with Crippen molar-refractivity contribution in [1.82, 2.24) is 5.43 Å².